The quantitative estimate of drug-likeness (QED) is 0.272. The van der Waals surface area contributed by atoms with Crippen molar-refractivity contribution in [3.63, 3.8) is 0 Å². The van der Waals surface area contributed by atoms with E-state index in [4.69, 9.17) is 0 Å². The maximum absolute atomic E-state index is 13.2. The van der Waals surface area contributed by atoms with Gasteiger partial charge in [-0.1, -0.05) is 6.07 Å². The molecule has 2 heterocycles. The number of nitrogens with zero attached hydrogens (tertiary/aromatic N) is 2. The summed E-state index contributed by atoms with van der Waals surface area (Å²) in [5.74, 6) is -1.03. The van der Waals surface area contributed by atoms with Gasteiger partial charge in [-0.3, -0.25) is 32.5 Å². The van der Waals surface area contributed by atoms with E-state index in [0.717, 1.165) is 35.9 Å². The first-order valence-electron chi connectivity index (χ1n) is 9.46. The van der Waals surface area contributed by atoms with Gasteiger partial charge in [-0.15, -0.1) is 0 Å². The lowest BCUT2D eigenvalue weighted by molar-refractivity contribution is 0.397. The normalized spacial score (nSPS) is 12.7. The predicted octanol–water partition coefficient (Wildman–Crippen LogP) is -0.530. The van der Waals surface area contributed by atoms with Crippen molar-refractivity contribution in [2.75, 3.05) is 7.11 Å². The van der Waals surface area contributed by atoms with Gasteiger partial charge in [0.1, 0.15) is 5.75 Å². The highest BCUT2D eigenvalue weighted by atomic mass is 32.2. The Morgan fingerprint density at radius 3 is 1.74 bits per heavy atom. The molecule has 0 bridgehead atoms. The standard InChI is InChI=1S/C20H16N2O10S2/c1-9-4-10(8-33(27,28)29)15(7-16(9)34(30,31)32-3)22-19(25)13-5-11-12(6-14(13)20(22)26)18(24)21(2)17(11)23/h4-7H,8H2,1-3H3,(H,27,28,29). The maximum Gasteiger partial charge on any atom is 0.297 e. The van der Waals surface area contributed by atoms with E-state index in [1.807, 2.05) is 0 Å². The van der Waals surface area contributed by atoms with E-state index in [9.17, 15) is 40.6 Å². The molecule has 14 heteroatoms. The summed E-state index contributed by atoms with van der Waals surface area (Å²) in [7, 11) is -6.84. The Kier molecular flexibility index (Phi) is 5.24. The molecular formula is C20H16N2O10S2. The number of aryl methyl sites for hydroxylation is 1. The van der Waals surface area contributed by atoms with Gasteiger partial charge in [0.25, 0.3) is 42.5 Å². The Morgan fingerprint density at radius 2 is 1.29 bits per heavy atom. The van der Waals surface area contributed by atoms with E-state index in [1.54, 1.807) is 0 Å². The van der Waals surface area contributed by atoms with Crippen LogP contribution >= 0.6 is 0 Å². The molecule has 0 aliphatic carbocycles. The van der Waals surface area contributed by atoms with Crippen molar-refractivity contribution in [3.05, 3.63) is 76.8 Å². The third kappa shape index (κ3) is 3.51. The molecule has 0 atom stereocenters. The second-order valence-corrected chi connectivity index (χ2v) is 10.8. The molecule has 4 aromatic rings. The lowest BCUT2D eigenvalue weighted by Crippen LogP contribution is -2.26. The third-order valence-electron chi connectivity index (χ3n) is 5.54. The SMILES string of the molecule is COS(=O)(=O)c1cc(-n2c(=O)c3cc4c(=O)n(C)c(=O)c4cc3c2=O)c(CS(=O)(=O)O)cc1C. The lowest BCUT2D eigenvalue weighted by Gasteiger charge is -2.13. The van der Waals surface area contributed by atoms with Crippen LogP contribution in [0.5, 0.6) is 0 Å². The summed E-state index contributed by atoms with van der Waals surface area (Å²) in [4.78, 5) is 50.6. The maximum atomic E-state index is 13.2. The van der Waals surface area contributed by atoms with E-state index in [0.29, 0.717) is 4.57 Å². The average molecular weight is 508 g/mol. The topological polar surface area (TPSA) is 176 Å². The van der Waals surface area contributed by atoms with E-state index < -0.39 is 58.8 Å². The Morgan fingerprint density at radius 1 is 0.824 bits per heavy atom. The summed E-state index contributed by atoms with van der Waals surface area (Å²) in [6.07, 6.45) is 0. The third-order valence-corrected chi connectivity index (χ3v) is 7.63. The minimum atomic E-state index is -4.66. The molecule has 2 aromatic carbocycles. The summed E-state index contributed by atoms with van der Waals surface area (Å²) < 4.78 is 63.1. The Bertz CT molecular complexity index is 1880. The Balaban J connectivity index is 2.18. The van der Waals surface area contributed by atoms with Gasteiger partial charge >= 0.3 is 0 Å². The van der Waals surface area contributed by atoms with Crippen LogP contribution in [0.25, 0.3) is 27.2 Å². The zero-order valence-electron chi connectivity index (χ0n) is 17.8. The van der Waals surface area contributed by atoms with Gasteiger partial charge in [0.15, 0.2) is 0 Å². The largest absolute Gasteiger partial charge is 0.297 e. The van der Waals surface area contributed by atoms with Crippen molar-refractivity contribution in [1.29, 1.82) is 0 Å². The zero-order valence-corrected chi connectivity index (χ0v) is 19.5. The van der Waals surface area contributed by atoms with Crippen LogP contribution in [0.15, 0.2) is 48.3 Å². The molecule has 0 spiro atoms. The molecule has 4 rings (SSSR count). The van der Waals surface area contributed by atoms with Crippen LogP contribution in [0.4, 0.5) is 0 Å². The highest BCUT2D eigenvalue weighted by Gasteiger charge is 2.25. The average Bonchev–Trinajstić information content (AvgIpc) is 3.11. The van der Waals surface area contributed by atoms with E-state index in [2.05, 4.69) is 4.18 Å². The number of benzene rings is 2. The number of rotatable bonds is 5. The van der Waals surface area contributed by atoms with Crippen LogP contribution in [0.3, 0.4) is 0 Å². The molecular weight excluding hydrogens is 492 g/mol. The minimum Gasteiger partial charge on any atom is -0.285 e. The van der Waals surface area contributed by atoms with Crippen molar-refractivity contribution in [2.45, 2.75) is 17.6 Å². The van der Waals surface area contributed by atoms with Gasteiger partial charge in [0.2, 0.25) is 0 Å². The highest BCUT2D eigenvalue weighted by molar-refractivity contribution is 7.86. The molecule has 0 saturated carbocycles. The number of hydrogen-bond acceptors (Lipinski definition) is 9. The molecule has 0 aliphatic heterocycles. The van der Waals surface area contributed by atoms with Gasteiger partial charge in [0.05, 0.1) is 39.2 Å². The zero-order chi connectivity index (χ0) is 25.3. The molecule has 0 saturated heterocycles. The van der Waals surface area contributed by atoms with Gasteiger partial charge in [0, 0.05) is 7.05 Å². The first-order chi connectivity index (χ1) is 15.7. The second-order valence-electron chi connectivity index (χ2n) is 7.65. The van der Waals surface area contributed by atoms with Crippen molar-refractivity contribution in [2.24, 2.45) is 7.05 Å². The Labute approximate surface area is 190 Å². The molecule has 34 heavy (non-hydrogen) atoms. The summed E-state index contributed by atoms with van der Waals surface area (Å²) in [6.45, 7) is 1.34. The van der Waals surface area contributed by atoms with Crippen molar-refractivity contribution >= 4 is 41.8 Å². The first kappa shape index (κ1) is 23.7. The second kappa shape index (κ2) is 7.53. The first-order valence-corrected chi connectivity index (χ1v) is 12.5. The number of aromatic nitrogens is 2. The van der Waals surface area contributed by atoms with Crippen molar-refractivity contribution in [3.8, 4) is 5.69 Å². The van der Waals surface area contributed by atoms with Gasteiger partial charge < -0.3 is 0 Å². The van der Waals surface area contributed by atoms with Crippen LogP contribution in [0.2, 0.25) is 0 Å². The van der Waals surface area contributed by atoms with Gasteiger partial charge in [-0.2, -0.15) is 16.8 Å². The van der Waals surface area contributed by atoms with Crippen LogP contribution in [0.1, 0.15) is 11.1 Å². The van der Waals surface area contributed by atoms with Crippen LogP contribution < -0.4 is 22.2 Å². The van der Waals surface area contributed by atoms with Crippen LogP contribution in [0, 0.1) is 6.92 Å². The monoisotopic (exact) mass is 508 g/mol. The summed E-state index contributed by atoms with van der Waals surface area (Å²) in [5, 5.41) is -0.623. The Hall–Kier alpha value is -3.46. The molecule has 12 nitrogen and oxygen atoms in total. The minimum absolute atomic E-state index is 0.0408. The molecule has 0 amide bonds. The molecule has 2 aromatic heterocycles. The molecule has 0 fully saturated rings. The number of hydrogen-bond donors (Lipinski definition) is 1. The smallest absolute Gasteiger partial charge is 0.285 e. The van der Waals surface area contributed by atoms with Crippen molar-refractivity contribution in [1.82, 2.24) is 9.13 Å². The van der Waals surface area contributed by atoms with E-state index in [1.165, 1.54) is 14.0 Å². The highest BCUT2D eigenvalue weighted by Crippen LogP contribution is 2.26. The fourth-order valence-electron chi connectivity index (χ4n) is 3.93. The number of fused-ring (bicyclic) bond motifs is 2. The van der Waals surface area contributed by atoms with E-state index in [-0.39, 0.29) is 32.7 Å². The fourth-order valence-corrected chi connectivity index (χ4v) is 5.44. The van der Waals surface area contributed by atoms with Gasteiger partial charge in [-0.05, 0) is 36.2 Å². The molecule has 0 radical (unpaired) electrons. The van der Waals surface area contributed by atoms with E-state index >= 15 is 0 Å². The molecule has 1 N–H and O–H groups in total. The predicted molar refractivity (Wildman–Crippen MR) is 121 cm³/mol. The summed E-state index contributed by atoms with van der Waals surface area (Å²) in [5.41, 5.74) is -3.89. The summed E-state index contributed by atoms with van der Waals surface area (Å²) >= 11 is 0. The van der Waals surface area contributed by atoms with Crippen molar-refractivity contribution < 1.29 is 25.6 Å². The fraction of sp³-hybridized carbons (Fsp3) is 0.200. The van der Waals surface area contributed by atoms with Crippen LogP contribution in [-0.2, 0) is 37.2 Å². The molecule has 0 aliphatic rings. The molecule has 178 valence electrons. The van der Waals surface area contributed by atoms with Gasteiger partial charge in [-0.25, -0.2) is 4.57 Å². The molecule has 0 unspecified atom stereocenters. The summed E-state index contributed by atoms with van der Waals surface area (Å²) in [6, 6.07) is 4.19. The lowest BCUT2D eigenvalue weighted by atomic mass is 10.1. The van der Waals surface area contributed by atoms with Crippen LogP contribution in [-0.4, -0.2) is 37.6 Å².